The normalized spacial score (nSPS) is 14.4. The lowest BCUT2D eigenvalue weighted by molar-refractivity contribution is -0.156. The van der Waals surface area contributed by atoms with Crippen molar-refractivity contribution < 1.29 is 14.6 Å². The molecule has 1 N–H and O–H groups in total. The minimum atomic E-state index is -1.36. The van der Waals surface area contributed by atoms with E-state index in [-0.39, 0.29) is 0 Å². The molecule has 102 valence electrons. The van der Waals surface area contributed by atoms with Gasteiger partial charge in [-0.05, 0) is 19.1 Å². The van der Waals surface area contributed by atoms with Crippen LogP contribution in [0.4, 0.5) is 0 Å². The van der Waals surface area contributed by atoms with Gasteiger partial charge in [0.15, 0.2) is 0 Å². The molecule has 0 amide bonds. The van der Waals surface area contributed by atoms with Gasteiger partial charge in [-0.15, -0.1) is 11.8 Å². The summed E-state index contributed by atoms with van der Waals surface area (Å²) in [6.45, 7) is 4.39. The van der Waals surface area contributed by atoms with Gasteiger partial charge < -0.3 is 9.84 Å². The Kier molecular flexibility index (Phi) is 9.65. The van der Waals surface area contributed by atoms with Gasteiger partial charge in [0.05, 0.1) is 6.61 Å². The van der Waals surface area contributed by atoms with Gasteiger partial charge in [0.25, 0.3) is 0 Å². The van der Waals surface area contributed by atoms with E-state index in [1.807, 2.05) is 0 Å². The van der Waals surface area contributed by atoms with Crippen molar-refractivity contribution in [3.63, 3.8) is 0 Å². The molecule has 0 heterocycles. The fourth-order valence-electron chi connectivity index (χ4n) is 1.53. The molecule has 17 heavy (non-hydrogen) atoms. The van der Waals surface area contributed by atoms with Crippen LogP contribution in [0.2, 0.25) is 0 Å². The Balaban J connectivity index is 3.57. The second-order valence-corrected chi connectivity index (χ2v) is 5.33. The molecule has 0 fully saturated rings. The summed E-state index contributed by atoms with van der Waals surface area (Å²) >= 11 is 1.14. The molecule has 0 spiro atoms. The molecule has 0 aromatic rings. The van der Waals surface area contributed by atoms with Crippen LogP contribution in [0.15, 0.2) is 0 Å². The Labute approximate surface area is 109 Å². The molecule has 0 aliphatic rings. The van der Waals surface area contributed by atoms with E-state index in [2.05, 4.69) is 6.92 Å². The molecule has 0 aromatic carbocycles. The van der Waals surface area contributed by atoms with Gasteiger partial charge >= 0.3 is 5.97 Å². The predicted molar refractivity (Wildman–Crippen MR) is 73.1 cm³/mol. The third-order valence-corrected chi connectivity index (χ3v) is 4.00. The average molecular weight is 262 g/mol. The summed E-state index contributed by atoms with van der Waals surface area (Å²) in [6, 6.07) is 0. The number of hydrogen-bond donors (Lipinski definition) is 1. The van der Waals surface area contributed by atoms with E-state index in [0.717, 1.165) is 24.6 Å². The van der Waals surface area contributed by atoms with Gasteiger partial charge in [-0.3, -0.25) is 0 Å². The Morgan fingerprint density at radius 2 is 1.76 bits per heavy atom. The molecular weight excluding hydrogens is 236 g/mol. The van der Waals surface area contributed by atoms with Crippen molar-refractivity contribution in [2.24, 2.45) is 0 Å². The van der Waals surface area contributed by atoms with Crippen LogP contribution in [0.3, 0.4) is 0 Å². The maximum absolute atomic E-state index is 11.6. The first-order valence-corrected chi connectivity index (χ1v) is 7.78. The van der Waals surface area contributed by atoms with E-state index in [1.54, 1.807) is 13.2 Å². The predicted octanol–water partition coefficient (Wildman–Crippen LogP) is 3.35. The molecule has 0 bridgehead atoms. The van der Waals surface area contributed by atoms with Crippen LogP contribution >= 0.6 is 11.8 Å². The monoisotopic (exact) mass is 262 g/mol. The van der Waals surface area contributed by atoms with Crippen molar-refractivity contribution in [2.45, 2.75) is 63.7 Å². The average Bonchev–Trinajstić information content (AvgIpc) is 2.36. The summed E-state index contributed by atoms with van der Waals surface area (Å²) in [5.41, 5.74) is 0. The number of thioether (sulfide) groups is 1. The van der Waals surface area contributed by atoms with E-state index in [4.69, 9.17) is 4.74 Å². The van der Waals surface area contributed by atoms with Crippen molar-refractivity contribution >= 4 is 17.7 Å². The lowest BCUT2D eigenvalue weighted by Crippen LogP contribution is -2.35. The topological polar surface area (TPSA) is 46.5 Å². The number of unbranched alkanes of at least 4 members (excludes halogenated alkanes) is 5. The molecule has 0 aliphatic heterocycles. The first-order valence-electron chi connectivity index (χ1n) is 6.55. The molecule has 1 atom stereocenters. The van der Waals surface area contributed by atoms with Crippen LogP contribution in [0.5, 0.6) is 0 Å². The van der Waals surface area contributed by atoms with Crippen molar-refractivity contribution in [1.82, 2.24) is 0 Å². The molecule has 0 rings (SSSR count). The first kappa shape index (κ1) is 16.8. The maximum atomic E-state index is 11.6. The van der Waals surface area contributed by atoms with Gasteiger partial charge in [-0.1, -0.05) is 46.0 Å². The molecule has 4 heteroatoms. The van der Waals surface area contributed by atoms with Crippen molar-refractivity contribution in [2.75, 3.05) is 12.9 Å². The summed E-state index contributed by atoms with van der Waals surface area (Å²) in [7, 11) is 0. The molecule has 0 aromatic heterocycles. The second-order valence-electron chi connectivity index (χ2n) is 4.25. The van der Waals surface area contributed by atoms with E-state index in [9.17, 15) is 9.90 Å². The third-order valence-electron chi connectivity index (χ3n) is 2.87. The zero-order valence-corrected chi connectivity index (χ0v) is 12.1. The molecule has 1 unspecified atom stereocenters. The Morgan fingerprint density at radius 3 is 2.29 bits per heavy atom. The largest absolute Gasteiger partial charge is 0.463 e. The van der Waals surface area contributed by atoms with Gasteiger partial charge in [-0.2, -0.15) is 0 Å². The Morgan fingerprint density at radius 1 is 1.18 bits per heavy atom. The summed E-state index contributed by atoms with van der Waals surface area (Å²) in [6.07, 6.45) is 9.06. The van der Waals surface area contributed by atoms with Crippen LogP contribution in [0.25, 0.3) is 0 Å². The quantitative estimate of drug-likeness (QED) is 0.372. The number of hydrogen-bond acceptors (Lipinski definition) is 4. The fourth-order valence-corrected chi connectivity index (χ4v) is 2.05. The Hall–Kier alpha value is -0.220. The van der Waals surface area contributed by atoms with Crippen LogP contribution in [0, 0.1) is 0 Å². The van der Waals surface area contributed by atoms with Gasteiger partial charge in [0, 0.05) is 0 Å². The van der Waals surface area contributed by atoms with Gasteiger partial charge in [0.2, 0.25) is 4.93 Å². The van der Waals surface area contributed by atoms with E-state index in [1.165, 1.54) is 25.7 Å². The molecule has 0 saturated heterocycles. The number of esters is 1. The van der Waals surface area contributed by atoms with Crippen LogP contribution in [0.1, 0.15) is 58.8 Å². The van der Waals surface area contributed by atoms with Gasteiger partial charge in [0.1, 0.15) is 0 Å². The molecular formula is C13H26O3S. The smallest absolute Gasteiger partial charge is 0.348 e. The lowest BCUT2D eigenvalue weighted by Gasteiger charge is -2.21. The standard InChI is InChI=1S/C13H26O3S/c1-4-6-7-8-9-10-11-16-12(14)13(15,5-2)17-3/h15H,4-11H2,1-3H3. The minimum absolute atomic E-state index is 0.378. The highest BCUT2D eigenvalue weighted by Crippen LogP contribution is 2.24. The van der Waals surface area contributed by atoms with Crippen LogP contribution < -0.4 is 0 Å². The van der Waals surface area contributed by atoms with Crippen molar-refractivity contribution in [1.29, 1.82) is 0 Å². The van der Waals surface area contributed by atoms with Crippen molar-refractivity contribution in [3.8, 4) is 0 Å². The fraction of sp³-hybridized carbons (Fsp3) is 0.923. The highest BCUT2D eigenvalue weighted by molar-refractivity contribution is 8.00. The summed E-state index contributed by atoms with van der Waals surface area (Å²) in [5.74, 6) is -0.499. The van der Waals surface area contributed by atoms with Crippen LogP contribution in [-0.4, -0.2) is 28.9 Å². The van der Waals surface area contributed by atoms with Gasteiger partial charge in [-0.25, -0.2) is 4.79 Å². The van der Waals surface area contributed by atoms with E-state index in [0.29, 0.717) is 13.0 Å². The number of aliphatic hydroxyl groups is 1. The zero-order chi connectivity index (χ0) is 13.1. The Bertz CT molecular complexity index is 203. The summed E-state index contributed by atoms with van der Waals surface area (Å²) in [4.78, 5) is 10.2. The van der Waals surface area contributed by atoms with E-state index >= 15 is 0 Å². The second kappa shape index (κ2) is 9.77. The zero-order valence-electron chi connectivity index (χ0n) is 11.3. The van der Waals surface area contributed by atoms with Crippen LogP contribution in [-0.2, 0) is 9.53 Å². The van der Waals surface area contributed by atoms with E-state index < -0.39 is 10.9 Å². The summed E-state index contributed by atoms with van der Waals surface area (Å²) < 4.78 is 5.09. The SMILES string of the molecule is CCCCCCCCOC(=O)C(O)(CC)SC. The highest BCUT2D eigenvalue weighted by atomic mass is 32.2. The summed E-state index contributed by atoms with van der Waals surface area (Å²) in [5, 5.41) is 9.86. The maximum Gasteiger partial charge on any atom is 0.348 e. The first-order chi connectivity index (χ1) is 8.10. The molecule has 0 saturated carbocycles. The number of carbonyl (C=O) groups excluding carboxylic acids is 1. The lowest BCUT2D eigenvalue weighted by atomic mass is 10.1. The highest BCUT2D eigenvalue weighted by Gasteiger charge is 2.34. The number of ether oxygens (including phenoxy) is 1. The minimum Gasteiger partial charge on any atom is -0.463 e. The third kappa shape index (κ3) is 6.94. The number of carbonyl (C=O) groups is 1. The molecule has 0 aliphatic carbocycles. The number of rotatable bonds is 10. The molecule has 0 radical (unpaired) electrons. The molecule has 3 nitrogen and oxygen atoms in total. The van der Waals surface area contributed by atoms with Crippen molar-refractivity contribution in [3.05, 3.63) is 0 Å².